The van der Waals surface area contributed by atoms with Crippen LogP contribution in [0.5, 0.6) is 0 Å². The van der Waals surface area contributed by atoms with E-state index >= 15 is 0 Å². The van der Waals surface area contributed by atoms with E-state index in [1.165, 1.54) is 65.4 Å². The van der Waals surface area contributed by atoms with Crippen molar-refractivity contribution in [3.63, 3.8) is 0 Å². The lowest BCUT2D eigenvalue weighted by Gasteiger charge is -2.34. The number of furan rings is 2. The number of anilines is 5. The molecule has 1 aliphatic carbocycles. The molecule has 1 unspecified atom stereocenters. The number of para-hydroxylation sites is 5. The third-order valence-corrected chi connectivity index (χ3v) is 13.5. The van der Waals surface area contributed by atoms with E-state index in [9.17, 15) is 0 Å². The minimum atomic E-state index is 0.207. The van der Waals surface area contributed by atoms with Gasteiger partial charge in [-0.1, -0.05) is 150 Å². The predicted molar refractivity (Wildman–Crippen MR) is 266 cm³/mol. The Labute approximate surface area is 366 Å². The van der Waals surface area contributed by atoms with Crippen molar-refractivity contribution in [2.45, 2.75) is 52.9 Å². The van der Waals surface area contributed by atoms with E-state index in [1.807, 2.05) is 0 Å². The second-order valence-corrected chi connectivity index (χ2v) is 18.0. The Balaban J connectivity index is 1.22. The Morgan fingerprint density at radius 2 is 0.968 bits per heavy atom. The molecule has 0 radical (unpaired) electrons. The number of nitrogens with zero attached hydrogens (tertiary/aromatic N) is 2. The topological polar surface area (TPSA) is 32.8 Å². The first kappa shape index (κ1) is 37.5. The van der Waals surface area contributed by atoms with Crippen molar-refractivity contribution in [2.75, 3.05) is 9.80 Å². The summed E-state index contributed by atoms with van der Waals surface area (Å²) in [6.45, 7) is 11.7. The van der Waals surface area contributed by atoms with Crippen LogP contribution in [0.3, 0.4) is 0 Å². The van der Waals surface area contributed by atoms with Gasteiger partial charge in [0.2, 0.25) is 0 Å². The predicted octanol–water partition coefficient (Wildman–Crippen LogP) is 15.7. The number of hydrogen-bond donors (Lipinski definition) is 0. The van der Waals surface area contributed by atoms with Gasteiger partial charge in [-0.3, -0.25) is 0 Å². The SMILES string of the molecule is CC1CC=c2c(oc3ccccc23)=C1N(c1ccccc1)c1cc(C(C)C)c2ccc3c(N(c4ccccc4)c4cccc5c4oc4ccccc45)cc(C(C)C)c4ccc1c2c43. The summed E-state index contributed by atoms with van der Waals surface area (Å²) >= 11 is 0. The lowest BCUT2D eigenvalue weighted by atomic mass is 9.83. The fraction of sp³-hybridized carbons (Fsp3) is 0.153. The molecule has 1 atom stereocenters. The van der Waals surface area contributed by atoms with E-state index in [1.54, 1.807) is 0 Å². The van der Waals surface area contributed by atoms with Gasteiger partial charge >= 0.3 is 0 Å². The molecule has 2 aromatic heterocycles. The molecular formula is C59H48N2O2. The van der Waals surface area contributed by atoms with Gasteiger partial charge in [0.05, 0.1) is 22.8 Å². The third kappa shape index (κ3) is 5.67. The minimum Gasteiger partial charge on any atom is -0.454 e. The van der Waals surface area contributed by atoms with Gasteiger partial charge in [-0.05, 0) is 106 Å². The van der Waals surface area contributed by atoms with Gasteiger partial charge < -0.3 is 18.6 Å². The van der Waals surface area contributed by atoms with Gasteiger partial charge in [0.15, 0.2) is 11.0 Å². The Kier molecular flexibility index (Phi) is 8.56. The van der Waals surface area contributed by atoms with Crippen molar-refractivity contribution in [2.24, 2.45) is 5.92 Å². The van der Waals surface area contributed by atoms with Gasteiger partial charge in [0.25, 0.3) is 0 Å². The van der Waals surface area contributed by atoms with E-state index in [-0.39, 0.29) is 17.8 Å². The normalized spacial score (nSPS) is 14.3. The number of rotatable bonds is 8. The first-order chi connectivity index (χ1) is 30.9. The maximum Gasteiger partial charge on any atom is 0.159 e. The van der Waals surface area contributed by atoms with Crippen LogP contribution < -0.4 is 20.4 Å². The standard InChI is InChI=1S/C59H48N2O2/c1-35(2)48-33-51(60(38-17-8-6-9-18-38)50-24-16-23-44-40-21-12-14-25-53(40)62-58(44)50)46-31-29-43-49(36(3)4)34-52(47-32-30-42(48)55(46)56(43)47)61(39-19-10-7-11-20-39)57-37(5)27-28-45-41-22-13-15-26-54(41)63-59(45)57/h6-26,28-37H,27H2,1-5H3. The summed E-state index contributed by atoms with van der Waals surface area (Å²) in [5.74, 6) is 0.739. The molecule has 11 aromatic rings. The van der Waals surface area contributed by atoms with Gasteiger partial charge in [0.1, 0.15) is 11.2 Å². The van der Waals surface area contributed by atoms with Crippen molar-refractivity contribution >= 4 is 105 Å². The summed E-state index contributed by atoms with van der Waals surface area (Å²) in [5.41, 5.74) is 13.0. The zero-order chi connectivity index (χ0) is 42.5. The van der Waals surface area contributed by atoms with Crippen LogP contribution in [0, 0.1) is 5.92 Å². The summed E-state index contributed by atoms with van der Waals surface area (Å²) in [6.07, 6.45) is 3.30. The quantitative estimate of drug-likeness (QED) is 0.143. The van der Waals surface area contributed by atoms with Crippen LogP contribution in [-0.4, -0.2) is 0 Å². The summed E-state index contributed by atoms with van der Waals surface area (Å²) < 4.78 is 13.7. The molecule has 1 aliphatic rings. The fourth-order valence-corrected chi connectivity index (χ4v) is 10.6. The van der Waals surface area contributed by atoms with Gasteiger partial charge in [-0.15, -0.1) is 0 Å². The maximum absolute atomic E-state index is 6.90. The largest absolute Gasteiger partial charge is 0.454 e. The molecule has 2 heterocycles. The second-order valence-electron chi connectivity index (χ2n) is 18.0. The zero-order valence-corrected chi connectivity index (χ0v) is 36.3. The molecule has 0 saturated heterocycles. The summed E-state index contributed by atoms with van der Waals surface area (Å²) in [4.78, 5) is 4.96. The number of benzene rings is 9. The van der Waals surface area contributed by atoms with E-state index < -0.39 is 0 Å². The highest BCUT2D eigenvalue weighted by molar-refractivity contribution is 6.30. The van der Waals surface area contributed by atoms with Crippen molar-refractivity contribution in [3.8, 4) is 0 Å². The smallest absolute Gasteiger partial charge is 0.159 e. The van der Waals surface area contributed by atoms with Crippen molar-refractivity contribution in [1.82, 2.24) is 0 Å². The third-order valence-electron chi connectivity index (χ3n) is 13.5. The first-order valence-electron chi connectivity index (χ1n) is 22.5. The molecule has 306 valence electrons. The van der Waals surface area contributed by atoms with Crippen LogP contribution in [0.25, 0.3) is 77.0 Å². The first-order valence-corrected chi connectivity index (χ1v) is 22.5. The van der Waals surface area contributed by atoms with Crippen LogP contribution in [0.4, 0.5) is 28.4 Å². The molecule has 0 aliphatic heterocycles. The molecule has 0 fully saturated rings. The molecule has 63 heavy (non-hydrogen) atoms. The van der Waals surface area contributed by atoms with Gasteiger partial charge in [-0.2, -0.15) is 0 Å². The van der Waals surface area contributed by atoms with Crippen molar-refractivity contribution < 1.29 is 8.83 Å². The second kappa shape index (κ2) is 14.4. The highest BCUT2D eigenvalue weighted by Gasteiger charge is 2.30. The summed E-state index contributed by atoms with van der Waals surface area (Å²) in [7, 11) is 0. The zero-order valence-electron chi connectivity index (χ0n) is 36.3. The van der Waals surface area contributed by atoms with E-state index in [2.05, 4.69) is 214 Å². The lowest BCUT2D eigenvalue weighted by molar-refractivity contribution is 0.555. The molecule has 0 N–H and O–H groups in total. The molecule has 0 saturated carbocycles. The van der Waals surface area contributed by atoms with Crippen LogP contribution in [0.15, 0.2) is 173 Å². The van der Waals surface area contributed by atoms with Crippen LogP contribution >= 0.6 is 0 Å². The average Bonchev–Trinajstić information content (AvgIpc) is 3.89. The molecule has 4 nitrogen and oxygen atoms in total. The molecule has 9 aromatic carbocycles. The van der Waals surface area contributed by atoms with Crippen LogP contribution in [-0.2, 0) is 0 Å². The van der Waals surface area contributed by atoms with E-state index in [4.69, 9.17) is 8.83 Å². The van der Waals surface area contributed by atoms with Crippen molar-refractivity contribution in [3.05, 3.63) is 186 Å². The lowest BCUT2D eigenvalue weighted by Crippen LogP contribution is -2.36. The Hall–Kier alpha value is -7.30. The monoisotopic (exact) mass is 816 g/mol. The highest BCUT2D eigenvalue weighted by Crippen LogP contribution is 2.52. The Morgan fingerprint density at radius 1 is 0.460 bits per heavy atom. The number of fused-ring (bicyclic) bond motifs is 6. The highest BCUT2D eigenvalue weighted by atomic mass is 16.3. The molecule has 12 rings (SSSR count). The summed E-state index contributed by atoms with van der Waals surface area (Å²) in [5, 5.41) is 12.2. The molecule has 0 bridgehead atoms. The molecular weight excluding hydrogens is 769 g/mol. The maximum atomic E-state index is 6.90. The molecule has 4 heteroatoms. The van der Waals surface area contributed by atoms with Crippen molar-refractivity contribution in [1.29, 1.82) is 0 Å². The van der Waals surface area contributed by atoms with Gasteiger partial charge in [-0.25, -0.2) is 0 Å². The molecule has 0 spiro atoms. The van der Waals surface area contributed by atoms with Gasteiger partial charge in [0, 0.05) is 49.4 Å². The van der Waals surface area contributed by atoms with Crippen LogP contribution in [0.2, 0.25) is 0 Å². The Morgan fingerprint density at radius 3 is 1.59 bits per heavy atom. The summed E-state index contributed by atoms with van der Waals surface area (Å²) in [6, 6.07) is 59.6. The Bertz CT molecular complexity index is 3690. The molecule has 0 amide bonds. The number of hydrogen-bond acceptors (Lipinski definition) is 4. The van der Waals surface area contributed by atoms with Crippen LogP contribution in [0.1, 0.15) is 64.0 Å². The minimum absolute atomic E-state index is 0.207. The fourth-order valence-electron chi connectivity index (χ4n) is 10.6. The van der Waals surface area contributed by atoms with E-state index in [0.29, 0.717) is 0 Å². The van der Waals surface area contributed by atoms with E-state index in [0.717, 1.165) is 62.1 Å². The average molecular weight is 817 g/mol.